The SMILES string of the molecule is CN=C(NCc1ccc(N2CCNC(=O)C2)cc1)NCC(C)c1cccc(C)c1.I. The molecule has 1 saturated heterocycles. The number of amides is 1. The molecule has 1 atom stereocenters. The van der Waals surface area contributed by atoms with Gasteiger partial charge in [-0.1, -0.05) is 48.9 Å². The number of hydrogen-bond acceptors (Lipinski definition) is 3. The van der Waals surface area contributed by atoms with Crippen LogP contribution in [0.2, 0.25) is 0 Å². The molecular formula is C23H32IN5O. The van der Waals surface area contributed by atoms with Crippen LogP contribution in [0.3, 0.4) is 0 Å². The number of benzene rings is 2. The highest BCUT2D eigenvalue weighted by atomic mass is 127. The molecule has 30 heavy (non-hydrogen) atoms. The van der Waals surface area contributed by atoms with Gasteiger partial charge in [-0.3, -0.25) is 9.79 Å². The second-order valence-corrected chi connectivity index (χ2v) is 7.56. The number of nitrogens with zero attached hydrogens (tertiary/aromatic N) is 2. The summed E-state index contributed by atoms with van der Waals surface area (Å²) < 4.78 is 0. The molecule has 2 aromatic carbocycles. The third-order valence-electron chi connectivity index (χ3n) is 5.21. The molecule has 1 fully saturated rings. The van der Waals surface area contributed by atoms with E-state index in [2.05, 4.69) is 88.2 Å². The van der Waals surface area contributed by atoms with Crippen molar-refractivity contribution < 1.29 is 4.79 Å². The summed E-state index contributed by atoms with van der Waals surface area (Å²) in [6, 6.07) is 17.0. The Kier molecular flexibility index (Phi) is 9.42. The molecule has 1 amide bonds. The molecule has 0 bridgehead atoms. The summed E-state index contributed by atoms with van der Waals surface area (Å²) in [5, 5.41) is 9.64. The van der Waals surface area contributed by atoms with Crippen molar-refractivity contribution in [3.63, 3.8) is 0 Å². The largest absolute Gasteiger partial charge is 0.360 e. The van der Waals surface area contributed by atoms with E-state index in [1.807, 2.05) is 0 Å². The van der Waals surface area contributed by atoms with Gasteiger partial charge < -0.3 is 20.9 Å². The van der Waals surface area contributed by atoms with Crippen LogP contribution in [-0.4, -0.2) is 45.1 Å². The number of piperazine rings is 1. The first kappa shape index (κ1) is 24.0. The first-order chi connectivity index (χ1) is 14.0. The van der Waals surface area contributed by atoms with Crippen LogP contribution in [0.1, 0.15) is 29.5 Å². The van der Waals surface area contributed by atoms with Crippen LogP contribution in [0.15, 0.2) is 53.5 Å². The van der Waals surface area contributed by atoms with Gasteiger partial charge in [0.25, 0.3) is 0 Å². The van der Waals surface area contributed by atoms with Crippen LogP contribution in [0.5, 0.6) is 0 Å². The first-order valence-corrected chi connectivity index (χ1v) is 10.2. The molecule has 0 saturated carbocycles. The number of halogens is 1. The lowest BCUT2D eigenvalue weighted by Gasteiger charge is -2.28. The predicted octanol–water partition coefficient (Wildman–Crippen LogP) is 3.02. The lowest BCUT2D eigenvalue weighted by atomic mass is 9.99. The normalized spacial score (nSPS) is 15.1. The van der Waals surface area contributed by atoms with Crippen LogP contribution >= 0.6 is 24.0 Å². The van der Waals surface area contributed by atoms with E-state index in [4.69, 9.17) is 0 Å². The van der Waals surface area contributed by atoms with Crippen molar-refractivity contribution in [2.24, 2.45) is 4.99 Å². The first-order valence-electron chi connectivity index (χ1n) is 10.2. The topological polar surface area (TPSA) is 68.8 Å². The molecule has 0 spiro atoms. The summed E-state index contributed by atoms with van der Waals surface area (Å²) in [6.07, 6.45) is 0. The summed E-state index contributed by atoms with van der Waals surface area (Å²) in [5.41, 5.74) is 4.86. The minimum absolute atomic E-state index is 0. The molecule has 1 heterocycles. The maximum absolute atomic E-state index is 11.6. The zero-order chi connectivity index (χ0) is 20.6. The van der Waals surface area contributed by atoms with E-state index >= 15 is 0 Å². The van der Waals surface area contributed by atoms with Crippen molar-refractivity contribution in [1.29, 1.82) is 0 Å². The Morgan fingerprint density at radius 2 is 1.97 bits per heavy atom. The lowest BCUT2D eigenvalue weighted by Crippen LogP contribution is -2.47. The molecule has 6 nitrogen and oxygen atoms in total. The van der Waals surface area contributed by atoms with Crippen LogP contribution < -0.4 is 20.9 Å². The Morgan fingerprint density at radius 3 is 2.63 bits per heavy atom. The third-order valence-corrected chi connectivity index (χ3v) is 5.21. The zero-order valence-electron chi connectivity index (χ0n) is 17.9. The lowest BCUT2D eigenvalue weighted by molar-refractivity contribution is -0.120. The van der Waals surface area contributed by atoms with Crippen molar-refractivity contribution in [3.05, 3.63) is 65.2 Å². The number of nitrogens with one attached hydrogen (secondary N) is 3. The molecule has 162 valence electrons. The predicted molar refractivity (Wildman–Crippen MR) is 135 cm³/mol. The van der Waals surface area contributed by atoms with Crippen LogP contribution in [0, 0.1) is 6.92 Å². The highest BCUT2D eigenvalue weighted by Gasteiger charge is 2.16. The quantitative estimate of drug-likeness (QED) is 0.311. The highest BCUT2D eigenvalue weighted by molar-refractivity contribution is 14.0. The second kappa shape index (κ2) is 11.8. The molecule has 1 aliphatic heterocycles. The summed E-state index contributed by atoms with van der Waals surface area (Å²) in [4.78, 5) is 18.0. The van der Waals surface area contributed by atoms with Gasteiger partial charge in [0.05, 0.1) is 6.54 Å². The van der Waals surface area contributed by atoms with E-state index in [0.29, 0.717) is 25.6 Å². The number of aryl methyl sites for hydroxylation is 1. The standard InChI is InChI=1S/C23H31N5O.HI/c1-17-5-4-6-20(13-17)18(2)14-26-23(24-3)27-15-19-7-9-21(10-8-19)28-12-11-25-22(29)16-28;/h4-10,13,18H,11-12,14-16H2,1-3H3,(H,25,29)(H2,24,26,27);1H. The van der Waals surface area contributed by atoms with Gasteiger partial charge in [-0.2, -0.15) is 0 Å². The number of guanidine groups is 1. The molecule has 2 aromatic rings. The van der Waals surface area contributed by atoms with E-state index in [1.165, 1.54) is 16.7 Å². The third kappa shape index (κ3) is 6.90. The fourth-order valence-electron chi connectivity index (χ4n) is 3.43. The maximum atomic E-state index is 11.6. The van der Waals surface area contributed by atoms with Crippen molar-refractivity contribution >= 4 is 41.5 Å². The number of carbonyl (C=O) groups excluding carboxylic acids is 1. The Balaban J connectivity index is 0.00000320. The van der Waals surface area contributed by atoms with Gasteiger partial charge in [0.2, 0.25) is 5.91 Å². The minimum atomic E-state index is 0. The molecule has 1 unspecified atom stereocenters. The van der Waals surface area contributed by atoms with Crippen molar-refractivity contribution in [2.75, 3.05) is 38.1 Å². The van der Waals surface area contributed by atoms with E-state index in [1.54, 1.807) is 7.05 Å². The van der Waals surface area contributed by atoms with Gasteiger partial charge in [0.1, 0.15) is 0 Å². The minimum Gasteiger partial charge on any atom is -0.360 e. The van der Waals surface area contributed by atoms with Gasteiger partial charge in [-0.25, -0.2) is 0 Å². The molecule has 3 N–H and O–H groups in total. The maximum Gasteiger partial charge on any atom is 0.239 e. The fourth-order valence-corrected chi connectivity index (χ4v) is 3.43. The molecule has 0 aliphatic carbocycles. The number of rotatable bonds is 6. The zero-order valence-corrected chi connectivity index (χ0v) is 20.3. The monoisotopic (exact) mass is 521 g/mol. The summed E-state index contributed by atoms with van der Waals surface area (Å²) in [7, 11) is 1.79. The summed E-state index contributed by atoms with van der Waals surface area (Å²) in [5.74, 6) is 1.27. The van der Waals surface area contributed by atoms with Crippen molar-refractivity contribution in [3.8, 4) is 0 Å². The van der Waals surface area contributed by atoms with Gasteiger partial charge in [0.15, 0.2) is 5.96 Å². The Bertz CT molecular complexity index is 853. The number of aliphatic imine (C=N–C) groups is 1. The number of carbonyl (C=O) groups is 1. The van der Waals surface area contributed by atoms with E-state index in [9.17, 15) is 4.79 Å². The van der Waals surface area contributed by atoms with Gasteiger partial charge >= 0.3 is 0 Å². The summed E-state index contributed by atoms with van der Waals surface area (Å²) >= 11 is 0. The average molecular weight is 521 g/mol. The Hall–Kier alpha value is -2.29. The highest BCUT2D eigenvalue weighted by Crippen LogP contribution is 2.17. The van der Waals surface area contributed by atoms with Crippen LogP contribution in [0.25, 0.3) is 0 Å². The number of anilines is 1. The smallest absolute Gasteiger partial charge is 0.239 e. The Labute approximate surface area is 196 Å². The van der Waals surface area contributed by atoms with Crippen LogP contribution in [-0.2, 0) is 11.3 Å². The van der Waals surface area contributed by atoms with E-state index in [0.717, 1.165) is 24.7 Å². The average Bonchev–Trinajstić information content (AvgIpc) is 2.74. The van der Waals surface area contributed by atoms with Crippen molar-refractivity contribution in [1.82, 2.24) is 16.0 Å². The van der Waals surface area contributed by atoms with E-state index < -0.39 is 0 Å². The summed E-state index contributed by atoms with van der Waals surface area (Å²) in [6.45, 7) is 7.82. The van der Waals surface area contributed by atoms with E-state index in [-0.39, 0.29) is 29.9 Å². The molecule has 0 aromatic heterocycles. The molecular weight excluding hydrogens is 489 g/mol. The molecule has 0 radical (unpaired) electrons. The fraction of sp³-hybridized carbons (Fsp3) is 0.391. The van der Waals surface area contributed by atoms with Crippen LogP contribution in [0.4, 0.5) is 5.69 Å². The Morgan fingerprint density at radius 1 is 1.20 bits per heavy atom. The van der Waals surface area contributed by atoms with Gasteiger partial charge in [0, 0.05) is 38.9 Å². The second-order valence-electron chi connectivity index (χ2n) is 7.56. The molecule has 1 aliphatic rings. The number of hydrogen-bond donors (Lipinski definition) is 3. The van der Waals surface area contributed by atoms with Gasteiger partial charge in [-0.05, 0) is 36.1 Å². The van der Waals surface area contributed by atoms with Gasteiger partial charge in [-0.15, -0.1) is 24.0 Å². The van der Waals surface area contributed by atoms with Crippen molar-refractivity contribution in [2.45, 2.75) is 26.3 Å². The molecule has 3 rings (SSSR count). The molecule has 7 heteroatoms.